The van der Waals surface area contributed by atoms with Crippen molar-refractivity contribution >= 4 is 22.6 Å². The van der Waals surface area contributed by atoms with E-state index < -0.39 is 21.9 Å². The van der Waals surface area contributed by atoms with Gasteiger partial charge in [-0.2, -0.15) is 4.73 Å². The van der Waals surface area contributed by atoms with E-state index >= 15 is 0 Å². The van der Waals surface area contributed by atoms with Crippen LogP contribution in [0.5, 0.6) is 0 Å². The Balaban J connectivity index is 2.92. The smallest absolute Gasteiger partial charge is 0.341 e. The zero-order chi connectivity index (χ0) is 13.4. The summed E-state index contributed by atoms with van der Waals surface area (Å²) in [6.07, 6.45) is 0.749. The van der Waals surface area contributed by atoms with Gasteiger partial charge in [0.25, 0.3) is 5.69 Å². The number of hydrogen-bond acceptors (Lipinski definition) is 5. The molecule has 0 unspecified atom stereocenters. The second-order valence-corrected chi connectivity index (χ2v) is 3.48. The third-order valence-corrected chi connectivity index (χ3v) is 2.41. The van der Waals surface area contributed by atoms with E-state index in [0.717, 1.165) is 18.3 Å². The van der Waals surface area contributed by atoms with Crippen LogP contribution in [0.1, 0.15) is 10.4 Å². The van der Waals surface area contributed by atoms with Crippen molar-refractivity contribution in [1.29, 1.82) is 0 Å². The number of nitrogens with zero attached hydrogens (tertiary/aromatic N) is 2. The van der Waals surface area contributed by atoms with E-state index in [0.29, 0.717) is 4.73 Å². The van der Waals surface area contributed by atoms with Gasteiger partial charge in [0.05, 0.1) is 22.0 Å². The van der Waals surface area contributed by atoms with E-state index in [1.807, 2.05) is 0 Å². The quantitative estimate of drug-likeness (QED) is 0.462. The van der Waals surface area contributed by atoms with Gasteiger partial charge >= 0.3 is 5.97 Å². The first-order valence-electron chi connectivity index (χ1n) is 4.68. The van der Waals surface area contributed by atoms with E-state index in [1.165, 1.54) is 6.07 Å². The Morgan fingerprint density at radius 3 is 2.61 bits per heavy atom. The average molecular weight is 250 g/mol. The monoisotopic (exact) mass is 250 g/mol. The van der Waals surface area contributed by atoms with E-state index in [-0.39, 0.29) is 16.6 Å². The number of carbonyl (C=O) groups is 1. The molecule has 1 aromatic heterocycles. The zero-order valence-electron chi connectivity index (χ0n) is 8.73. The molecule has 18 heavy (non-hydrogen) atoms. The Morgan fingerprint density at radius 2 is 2.06 bits per heavy atom. The summed E-state index contributed by atoms with van der Waals surface area (Å²) in [5.41, 5.74) is -1.91. The number of rotatable bonds is 2. The van der Waals surface area contributed by atoms with Crippen molar-refractivity contribution in [2.75, 3.05) is 0 Å². The third-order valence-electron chi connectivity index (χ3n) is 2.41. The van der Waals surface area contributed by atoms with Gasteiger partial charge in [0.1, 0.15) is 5.56 Å². The van der Waals surface area contributed by atoms with Gasteiger partial charge in [0, 0.05) is 12.1 Å². The summed E-state index contributed by atoms with van der Waals surface area (Å²) in [5, 5.41) is 28.6. The molecule has 8 nitrogen and oxygen atoms in total. The van der Waals surface area contributed by atoms with Crippen LogP contribution in [0.15, 0.2) is 29.2 Å². The van der Waals surface area contributed by atoms with Gasteiger partial charge in [-0.15, -0.1) is 0 Å². The SMILES string of the molecule is O=C(O)c1cn(O)c2ccc([N+](=O)[O-])cc2c1=O. The summed E-state index contributed by atoms with van der Waals surface area (Å²) >= 11 is 0. The molecule has 1 aromatic carbocycles. The van der Waals surface area contributed by atoms with Crippen molar-refractivity contribution < 1.29 is 20.0 Å². The van der Waals surface area contributed by atoms with Crippen molar-refractivity contribution in [3.05, 3.63) is 50.3 Å². The summed E-state index contributed by atoms with van der Waals surface area (Å²) in [6, 6.07) is 3.20. The highest BCUT2D eigenvalue weighted by molar-refractivity contribution is 5.93. The molecular weight excluding hydrogens is 244 g/mol. The minimum absolute atomic E-state index is 0.00407. The number of nitro benzene ring substituents is 1. The molecule has 0 saturated carbocycles. The van der Waals surface area contributed by atoms with Crippen LogP contribution in [0, 0.1) is 10.1 Å². The van der Waals surface area contributed by atoms with E-state index in [4.69, 9.17) is 5.11 Å². The molecule has 0 aliphatic carbocycles. The van der Waals surface area contributed by atoms with E-state index in [9.17, 15) is 24.9 Å². The van der Waals surface area contributed by atoms with Crippen molar-refractivity contribution in [2.45, 2.75) is 0 Å². The van der Waals surface area contributed by atoms with E-state index in [2.05, 4.69) is 0 Å². The maximum absolute atomic E-state index is 11.8. The van der Waals surface area contributed by atoms with Crippen LogP contribution in [0.2, 0.25) is 0 Å². The number of aromatic carboxylic acids is 1. The average Bonchev–Trinajstić information content (AvgIpc) is 2.32. The Kier molecular flexibility index (Phi) is 2.47. The minimum Gasteiger partial charge on any atom is -0.477 e. The summed E-state index contributed by atoms with van der Waals surface area (Å²) in [6.45, 7) is 0. The van der Waals surface area contributed by atoms with Gasteiger partial charge in [-0.25, -0.2) is 4.79 Å². The van der Waals surface area contributed by atoms with Crippen LogP contribution in [0.3, 0.4) is 0 Å². The van der Waals surface area contributed by atoms with Crippen molar-refractivity contribution in [3.63, 3.8) is 0 Å². The van der Waals surface area contributed by atoms with Gasteiger partial charge in [0.15, 0.2) is 0 Å². The summed E-state index contributed by atoms with van der Waals surface area (Å²) in [4.78, 5) is 32.4. The second kappa shape index (κ2) is 3.84. The predicted octanol–water partition coefficient (Wildman–Crippen LogP) is 0.845. The first-order chi connectivity index (χ1) is 8.41. The Bertz CT molecular complexity index is 733. The fourth-order valence-electron chi connectivity index (χ4n) is 1.57. The van der Waals surface area contributed by atoms with Gasteiger partial charge < -0.3 is 10.3 Å². The van der Waals surface area contributed by atoms with Gasteiger partial charge in [-0.05, 0) is 6.07 Å². The highest BCUT2D eigenvalue weighted by Crippen LogP contribution is 2.18. The Morgan fingerprint density at radius 1 is 1.39 bits per heavy atom. The number of carboxylic acid groups (broad SMARTS) is 1. The maximum atomic E-state index is 11.8. The zero-order valence-corrected chi connectivity index (χ0v) is 8.73. The number of carboxylic acids is 1. The molecule has 0 aliphatic heterocycles. The lowest BCUT2D eigenvalue weighted by Gasteiger charge is -2.04. The van der Waals surface area contributed by atoms with Crippen LogP contribution in [0.25, 0.3) is 10.9 Å². The molecule has 0 aliphatic rings. The number of pyridine rings is 1. The van der Waals surface area contributed by atoms with Crippen LogP contribution >= 0.6 is 0 Å². The molecule has 0 radical (unpaired) electrons. The fourth-order valence-corrected chi connectivity index (χ4v) is 1.57. The standard InChI is InChI=1S/C10H6N2O6/c13-9-6-3-5(12(17)18)1-2-8(6)11(16)4-7(9)10(14)15/h1-4,16H,(H,14,15). The van der Waals surface area contributed by atoms with Crippen LogP contribution in [-0.4, -0.2) is 25.9 Å². The fraction of sp³-hybridized carbons (Fsp3) is 0. The summed E-state index contributed by atoms with van der Waals surface area (Å²) < 4.78 is 0.448. The molecule has 0 atom stereocenters. The first kappa shape index (κ1) is 11.6. The Labute approximate surface area is 98.4 Å². The van der Waals surface area contributed by atoms with Crippen LogP contribution < -0.4 is 5.43 Å². The molecule has 2 N–H and O–H groups in total. The van der Waals surface area contributed by atoms with E-state index in [1.54, 1.807) is 0 Å². The molecule has 1 heterocycles. The van der Waals surface area contributed by atoms with Crippen molar-refractivity contribution in [2.24, 2.45) is 0 Å². The van der Waals surface area contributed by atoms with Gasteiger partial charge in [-0.3, -0.25) is 14.9 Å². The second-order valence-electron chi connectivity index (χ2n) is 3.48. The molecule has 0 amide bonds. The molecular formula is C10H6N2O6. The summed E-state index contributed by atoms with van der Waals surface area (Å²) in [5.74, 6) is -1.52. The first-order valence-corrected chi connectivity index (χ1v) is 4.68. The number of fused-ring (bicyclic) bond motifs is 1. The molecule has 0 bridgehead atoms. The number of hydrogen-bond donors (Lipinski definition) is 2. The molecule has 0 spiro atoms. The molecule has 0 saturated heterocycles. The molecule has 2 aromatic rings. The molecule has 92 valence electrons. The molecule has 0 fully saturated rings. The number of aromatic nitrogens is 1. The normalized spacial score (nSPS) is 10.4. The van der Waals surface area contributed by atoms with Crippen molar-refractivity contribution in [1.82, 2.24) is 4.73 Å². The van der Waals surface area contributed by atoms with Gasteiger partial charge in [-0.1, -0.05) is 0 Å². The third kappa shape index (κ3) is 1.65. The predicted molar refractivity (Wildman–Crippen MR) is 59.0 cm³/mol. The Hall–Kier alpha value is -2.90. The number of non-ortho nitro benzene ring substituents is 1. The number of nitro groups is 1. The largest absolute Gasteiger partial charge is 0.477 e. The topological polar surface area (TPSA) is 123 Å². The lowest BCUT2D eigenvalue weighted by molar-refractivity contribution is -0.384. The van der Waals surface area contributed by atoms with Gasteiger partial charge in [0.2, 0.25) is 5.43 Å². The van der Waals surface area contributed by atoms with Crippen LogP contribution in [-0.2, 0) is 0 Å². The highest BCUT2D eigenvalue weighted by atomic mass is 16.6. The highest BCUT2D eigenvalue weighted by Gasteiger charge is 2.16. The lowest BCUT2D eigenvalue weighted by atomic mass is 10.1. The molecule has 2 rings (SSSR count). The lowest BCUT2D eigenvalue weighted by Crippen LogP contribution is -2.18. The number of benzene rings is 1. The summed E-state index contributed by atoms with van der Waals surface area (Å²) in [7, 11) is 0. The van der Waals surface area contributed by atoms with Crippen LogP contribution in [0.4, 0.5) is 5.69 Å². The molecule has 8 heteroatoms. The maximum Gasteiger partial charge on any atom is 0.341 e. The van der Waals surface area contributed by atoms with Crippen molar-refractivity contribution in [3.8, 4) is 0 Å². The minimum atomic E-state index is -1.52.